The van der Waals surface area contributed by atoms with Crippen molar-refractivity contribution in [3.63, 3.8) is 0 Å². The van der Waals surface area contributed by atoms with Crippen LogP contribution < -0.4 is 5.32 Å². The van der Waals surface area contributed by atoms with Crippen LogP contribution in [0.4, 0.5) is 0 Å². The number of unbranched alkanes of at least 4 members (excludes halogenated alkanes) is 4. The molecule has 8 heteroatoms. The van der Waals surface area contributed by atoms with E-state index in [9.17, 15) is 4.57 Å². The smallest absolute Gasteiger partial charge is 0.333 e. The van der Waals surface area contributed by atoms with Gasteiger partial charge in [-0.05, 0) is 18.0 Å². The summed E-state index contributed by atoms with van der Waals surface area (Å²) in [6.45, 7) is 2.39. The second-order valence-electron chi connectivity index (χ2n) is 4.50. The molecule has 114 valence electrons. The topological polar surface area (TPSA) is 77.2 Å². The highest BCUT2D eigenvalue weighted by Gasteiger charge is 2.36. The number of nitrogens with one attached hydrogen (secondary N) is 1. The molecule has 0 amide bonds. The molecule has 6 nitrogen and oxygen atoms in total. The largest absolute Gasteiger partial charge is 0.533 e. The predicted molar refractivity (Wildman–Crippen MR) is 81.1 cm³/mol. The number of hydrogen-bond acceptors (Lipinski definition) is 7. The first-order valence-electron chi connectivity index (χ1n) is 6.93. The lowest BCUT2D eigenvalue weighted by Gasteiger charge is -1.96. The molecule has 2 atom stereocenters. The normalized spacial score (nSPS) is 13.4. The van der Waals surface area contributed by atoms with Crippen molar-refractivity contribution in [2.75, 3.05) is 13.8 Å². The maximum Gasteiger partial charge on any atom is 0.533 e. The van der Waals surface area contributed by atoms with Gasteiger partial charge in [-0.25, -0.2) is 0 Å². The number of aromatic nitrogens is 2. The Kier molecular flexibility index (Phi) is 9.02. The van der Waals surface area contributed by atoms with Crippen molar-refractivity contribution in [1.29, 1.82) is 0 Å². The lowest BCUT2D eigenvalue weighted by Crippen LogP contribution is -2.08. The Morgan fingerprint density at radius 3 is 2.85 bits per heavy atom. The highest BCUT2D eigenvalue weighted by molar-refractivity contribution is 7.87. The van der Waals surface area contributed by atoms with Crippen LogP contribution in [0.25, 0.3) is 0 Å². The van der Waals surface area contributed by atoms with Crippen LogP contribution >= 0.6 is 20.7 Å². The van der Waals surface area contributed by atoms with Crippen LogP contribution in [0.3, 0.4) is 0 Å². The van der Waals surface area contributed by atoms with Crippen molar-refractivity contribution in [2.24, 2.45) is 0 Å². The molecule has 0 spiro atoms. The molecule has 0 saturated heterocycles. The first-order valence-corrected chi connectivity index (χ1v) is 8.69. The molecule has 20 heavy (non-hydrogen) atoms. The van der Waals surface area contributed by atoms with Gasteiger partial charge in [0.05, 0.1) is 0 Å². The third-order valence-corrected chi connectivity index (χ3v) is 4.53. The zero-order valence-corrected chi connectivity index (χ0v) is 13.8. The van der Waals surface area contributed by atoms with E-state index in [-0.39, 0.29) is 12.6 Å². The van der Waals surface area contributed by atoms with E-state index in [1.54, 1.807) is 7.05 Å². The fraction of sp³-hybridized carbons (Fsp3) is 0.833. The van der Waals surface area contributed by atoms with Crippen molar-refractivity contribution >= 4 is 20.7 Å². The Morgan fingerprint density at radius 1 is 1.40 bits per heavy atom. The van der Waals surface area contributed by atoms with Crippen molar-refractivity contribution in [1.82, 2.24) is 15.5 Å². The van der Waals surface area contributed by atoms with Gasteiger partial charge in [-0.3, -0.25) is 5.32 Å². The summed E-state index contributed by atoms with van der Waals surface area (Å²) < 4.78 is 21.8. The van der Waals surface area contributed by atoms with E-state index < -0.39 is 13.0 Å². The third-order valence-electron chi connectivity index (χ3n) is 2.74. The van der Waals surface area contributed by atoms with Crippen LogP contribution in [-0.2, 0) is 15.5 Å². The summed E-state index contributed by atoms with van der Waals surface area (Å²) in [4.78, 5) is 3.54. The molecule has 1 N–H and O–H groups in total. The number of nitrogens with zero attached hydrogens (tertiary/aromatic N) is 2. The maximum atomic E-state index is 11.7. The van der Waals surface area contributed by atoms with Crippen LogP contribution in [0, 0.1) is 0 Å². The molecule has 0 aliphatic rings. The van der Waals surface area contributed by atoms with Crippen molar-refractivity contribution < 1.29 is 13.6 Å². The van der Waals surface area contributed by atoms with Crippen LogP contribution in [0.5, 0.6) is 0 Å². The number of thiol groups is 1. The first kappa shape index (κ1) is 17.6. The lowest BCUT2D eigenvalue weighted by atomic mass is 10.1. The maximum absolute atomic E-state index is 11.7. The Hall–Kier alpha value is -0.490. The molecule has 1 rings (SSSR count). The zero-order valence-electron chi connectivity index (χ0n) is 12.0. The van der Waals surface area contributed by atoms with Crippen LogP contribution in [0.1, 0.15) is 55.7 Å². The summed E-state index contributed by atoms with van der Waals surface area (Å²) in [6.07, 6.45) is 6.72. The predicted octanol–water partition coefficient (Wildman–Crippen LogP) is 3.45. The molecule has 0 bridgehead atoms. The molecule has 2 unspecified atom stereocenters. The Morgan fingerprint density at radius 2 is 2.15 bits per heavy atom. The Bertz CT molecular complexity index is 403. The molecule has 1 aromatic rings. The minimum absolute atomic E-state index is 0.199. The molecule has 0 aromatic carbocycles. The van der Waals surface area contributed by atoms with E-state index in [1.165, 1.54) is 25.7 Å². The minimum atomic E-state index is -1.98. The summed E-state index contributed by atoms with van der Waals surface area (Å²) >= 11 is 4.21. The molecular weight excluding hydrogens is 297 g/mol. The van der Waals surface area contributed by atoms with Crippen LogP contribution in [0.2, 0.25) is 0 Å². The van der Waals surface area contributed by atoms with Gasteiger partial charge in [0.2, 0.25) is 0 Å². The summed E-state index contributed by atoms with van der Waals surface area (Å²) in [6, 6.07) is 0. The van der Waals surface area contributed by atoms with Crippen molar-refractivity contribution in [3.8, 4) is 0 Å². The van der Waals surface area contributed by atoms with Gasteiger partial charge in [0, 0.05) is 6.42 Å². The molecule has 0 fully saturated rings. The lowest BCUT2D eigenvalue weighted by molar-refractivity contribution is 0.302. The first-order chi connectivity index (χ1) is 9.69. The van der Waals surface area contributed by atoms with Gasteiger partial charge in [-0.15, -0.1) is 17.2 Å². The third kappa shape index (κ3) is 6.31. The molecule has 1 aromatic heterocycles. The second kappa shape index (κ2) is 10.3. The van der Waals surface area contributed by atoms with Crippen molar-refractivity contribution in [2.45, 2.75) is 50.4 Å². The molecule has 0 radical (unpaired) electrons. The fourth-order valence-electron chi connectivity index (χ4n) is 1.65. The number of hydrogen-bond donors (Lipinski definition) is 2. The fourth-order valence-corrected chi connectivity index (χ4v) is 2.64. The van der Waals surface area contributed by atoms with E-state index in [0.717, 1.165) is 12.8 Å². The summed E-state index contributed by atoms with van der Waals surface area (Å²) in [5.41, 5.74) is 0. The molecule has 0 saturated carbocycles. The summed E-state index contributed by atoms with van der Waals surface area (Å²) in [7, 11) is -0.268. The van der Waals surface area contributed by atoms with Gasteiger partial charge < -0.3 is 4.52 Å². The average Bonchev–Trinajstić information content (AvgIpc) is 2.92. The SMILES string of the molecule is CCCCCCCc1noc(C(S)[P+](=O)OCNC)n1. The van der Waals surface area contributed by atoms with E-state index in [2.05, 4.69) is 35.0 Å². The quantitative estimate of drug-likeness (QED) is 0.281. The van der Waals surface area contributed by atoms with Gasteiger partial charge in [0.25, 0.3) is 5.89 Å². The van der Waals surface area contributed by atoms with E-state index in [1.807, 2.05) is 0 Å². The van der Waals surface area contributed by atoms with E-state index >= 15 is 0 Å². The Labute approximate surface area is 126 Å². The number of rotatable bonds is 11. The minimum Gasteiger partial charge on any atom is -0.333 e. The van der Waals surface area contributed by atoms with Gasteiger partial charge in [0.15, 0.2) is 12.6 Å². The summed E-state index contributed by atoms with van der Waals surface area (Å²) in [5, 5.41) is 6.63. The molecule has 0 aliphatic carbocycles. The van der Waals surface area contributed by atoms with E-state index in [0.29, 0.717) is 5.82 Å². The Balaban J connectivity index is 2.36. The van der Waals surface area contributed by atoms with E-state index in [4.69, 9.17) is 9.05 Å². The summed E-state index contributed by atoms with van der Waals surface area (Å²) in [5.74, 6) is 0.904. The van der Waals surface area contributed by atoms with Crippen LogP contribution in [0.15, 0.2) is 4.52 Å². The highest BCUT2D eigenvalue weighted by Crippen LogP contribution is 2.43. The molecular formula is C12H23N3O3PS+. The molecule has 1 heterocycles. The zero-order chi connectivity index (χ0) is 14.8. The van der Waals surface area contributed by atoms with Crippen molar-refractivity contribution in [3.05, 3.63) is 11.7 Å². The monoisotopic (exact) mass is 320 g/mol. The second-order valence-corrected chi connectivity index (χ2v) is 6.77. The van der Waals surface area contributed by atoms with Gasteiger partial charge >= 0.3 is 13.0 Å². The molecule has 0 aliphatic heterocycles. The van der Waals surface area contributed by atoms with Gasteiger partial charge in [0.1, 0.15) is 0 Å². The standard InChI is InChI=1S/C12H22N3O3PS/c1-3-4-5-6-7-8-10-14-11(18-15-10)12(20)19(16)17-9-13-2/h12-13H,3-9H2,1-2H3/p+1. The average molecular weight is 320 g/mol. The highest BCUT2D eigenvalue weighted by atomic mass is 32.1. The number of aryl methyl sites for hydroxylation is 1. The van der Waals surface area contributed by atoms with Crippen LogP contribution in [-0.4, -0.2) is 23.9 Å². The van der Waals surface area contributed by atoms with Gasteiger partial charge in [-0.2, -0.15) is 4.98 Å². The van der Waals surface area contributed by atoms with Gasteiger partial charge in [-0.1, -0.05) is 37.8 Å².